The van der Waals surface area contributed by atoms with Crippen LogP contribution in [0.5, 0.6) is 5.75 Å². The lowest BCUT2D eigenvalue weighted by molar-refractivity contribution is -0.140. The molecule has 140 valence electrons. The molecule has 3 rings (SSSR count). The first-order valence-electron chi connectivity index (χ1n) is 8.43. The number of aliphatic carboxylic acids is 1. The Labute approximate surface area is 157 Å². The maximum Gasteiger partial charge on any atom is 0.415 e. The Balaban J connectivity index is 2.24. The Bertz CT molecular complexity index is 783. The molecule has 1 N–H and O–H groups in total. The van der Waals surface area contributed by atoms with Gasteiger partial charge in [0.05, 0.1) is 12.8 Å². The van der Waals surface area contributed by atoms with Crippen molar-refractivity contribution in [2.24, 2.45) is 5.92 Å². The Morgan fingerprint density at radius 2 is 2.00 bits per heavy atom. The van der Waals surface area contributed by atoms with Crippen LogP contribution in [0.4, 0.5) is 10.5 Å². The largest absolute Gasteiger partial charge is 0.495 e. The smallest absolute Gasteiger partial charge is 0.415 e. The van der Waals surface area contributed by atoms with E-state index in [0.717, 1.165) is 0 Å². The number of amides is 1. The first kappa shape index (κ1) is 18.6. The number of fused-ring (bicyclic) bond motifs is 3. The second-order valence-corrected chi connectivity index (χ2v) is 7.91. The molecule has 0 unspecified atom stereocenters. The fraction of sp³-hybridized carbons (Fsp3) is 0.474. The quantitative estimate of drug-likeness (QED) is 0.778. The molecule has 3 atom stereocenters. The predicted octanol–water partition coefficient (Wildman–Crippen LogP) is 4.22. The Morgan fingerprint density at radius 3 is 2.58 bits per heavy atom. The first-order chi connectivity index (χ1) is 12.2. The van der Waals surface area contributed by atoms with Gasteiger partial charge in [-0.1, -0.05) is 23.8 Å². The van der Waals surface area contributed by atoms with Gasteiger partial charge in [0.25, 0.3) is 0 Å². The van der Waals surface area contributed by atoms with Crippen LogP contribution < -0.4 is 9.64 Å². The molecule has 1 aromatic carbocycles. The van der Waals surface area contributed by atoms with E-state index in [1.807, 2.05) is 12.2 Å². The molecule has 0 radical (unpaired) electrons. The van der Waals surface area contributed by atoms with E-state index < -0.39 is 23.7 Å². The molecule has 0 saturated carbocycles. The van der Waals surface area contributed by atoms with Crippen molar-refractivity contribution in [1.82, 2.24) is 0 Å². The second-order valence-electron chi connectivity index (χ2n) is 7.50. The maximum atomic E-state index is 13.0. The molecule has 0 saturated heterocycles. The zero-order valence-corrected chi connectivity index (χ0v) is 15.9. The number of halogens is 1. The molecule has 7 heteroatoms. The standard InChI is InChI=1S/C19H22ClNO5/c1-19(2,3)26-18(24)21-15(17(22)23)11-7-5-6-10(11)14-12(20)8-9-13(25-4)16(14)21/h5-6,8-11,15H,7H2,1-4H3,(H,22,23)/t10-,11+,15-/m0/s1. The summed E-state index contributed by atoms with van der Waals surface area (Å²) in [7, 11) is 1.48. The van der Waals surface area contributed by atoms with Gasteiger partial charge in [-0.05, 0) is 39.3 Å². The highest BCUT2D eigenvalue weighted by Gasteiger charge is 2.50. The lowest BCUT2D eigenvalue weighted by Crippen LogP contribution is -2.54. The summed E-state index contributed by atoms with van der Waals surface area (Å²) in [6.07, 6.45) is 3.71. The molecule has 1 aliphatic carbocycles. The minimum absolute atomic E-state index is 0.188. The van der Waals surface area contributed by atoms with Gasteiger partial charge in [0, 0.05) is 22.4 Å². The van der Waals surface area contributed by atoms with Crippen LogP contribution in [-0.2, 0) is 9.53 Å². The monoisotopic (exact) mass is 379 g/mol. The zero-order valence-electron chi connectivity index (χ0n) is 15.2. The summed E-state index contributed by atoms with van der Waals surface area (Å²) in [6.45, 7) is 5.21. The molecule has 0 aromatic heterocycles. The van der Waals surface area contributed by atoms with Crippen LogP contribution in [0.25, 0.3) is 0 Å². The van der Waals surface area contributed by atoms with Gasteiger partial charge in [0.2, 0.25) is 0 Å². The van der Waals surface area contributed by atoms with Crippen molar-refractivity contribution in [3.63, 3.8) is 0 Å². The lowest BCUT2D eigenvalue weighted by atomic mass is 9.78. The van der Waals surface area contributed by atoms with Crippen molar-refractivity contribution in [1.29, 1.82) is 0 Å². The molecule has 0 spiro atoms. The third-order valence-corrected chi connectivity index (χ3v) is 4.99. The van der Waals surface area contributed by atoms with Crippen molar-refractivity contribution in [3.05, 3.63) is 34.9 Å². The summed E-state index contributed by atoms with van der Waals surface area (Å²) in [6, 6.07) is 2.28. The first-order valence-corrected chi connectivity index (χ1v) is 8.81. The Hall–Kier alpha value is -2.21. The van der Waals surface area contributed by atoms with Crippen LogP contribution >= 0.6 is 11.6 Å². The highest BCUT2D eigenvalue weighted by atomic mass is 35.5. The van der Waals surface area contributed by atoms with E-state index in [4.69, 9.17) is 21.1 Å². The van der Waals surface area contributed by atoms with E-state index in [-0.39, 0.29) is 11.8 Å². The Kier molecular flexibility index (Phi) is 4.65. The van der Waals surface area contributed by atoms with Gasteiger partial charge in [0.1, 0.15) is 17.4 Å². The van der Waals surface area contributed by atoms with Gasteiger partial charge in [-0.2, -0.15) is 0 Å². The third-order valence-electron chi connectivity index (χ3n) is 4.66. The van der Waals surface area contributed by atoms with Crippen LogP contribution in [0.3, 0.4) is 0 Å². The molecule has 6 nitrogen and oxygen atoms in total. The van der Waals surface area contributed by atoms with E-state index in [9.17, 15) is 14.7 Å². The molecule has 2 aliphatic rings. The number of allylic oxidation sites excluding steroid dienone is 2. The number of nitrogens with zero attached hydrogens (tertiary/aromatic N) is 1. The molecule has 0 fully saturated rings. The highest BCUT2D eigenvalue weighted by Crippen LogP contribution is 2.53. The SMILES string of the molecule is COc1ccc(Cl)c2c1N(C(=O)OC(C)(C)C)[C@H](C(=O)O)[C@@H]1CC=C[C@H]21. The molecule has 0 bridgehead atoms. The summed E-state index contributed by atoms with van der Waals surface area (Å²) in [4.78, 5) is 26.3. The van der Waals surface area contributed by atoms with Crippen molar-refractivity contribution in [2.45, 2.75) is 44.8 Å². The number of methoxy groups -OCH3 is 1. The van der Waals surface area contributed by atoms with E-state index >= 15 is 0 Å². The van der Waals surface area contributed by atoms with Crippen LogP contribution in [0.1, 0.15) is 38.7 Å². The number of carboxylic acids is 1. The van der Waals surface area contributed by atoms with Crippen molar-refractivity contribution < 1.29 is 24.2 Å². The number of hydrogen-bond acceptors (Lipinski definition) is 4. The van der Waals surface area contributed by atoms with Gasteiger partial charge in [-0.15, -0.1) is 0 Å². The third kappa shape index (κ3) is 3.03. The molecular formula is C19H22ClNO5. The molecule has 1 heterocycles. The zero-order chi connectivity index (χ0) is 19.2. The minimum Gasteiger partial charge on any atom is -0.495 e. The summed E-state index contributed by atoms with van der Waals surface area (Å²) in [5.74, 6) is -1.19. The topological polar surface area (TPSA) is 76.1 Å². The van der Waals surface area contributed by atoms with Gasteiger partial charge < -0.3 is 14.6 Å². The predicted molar refractivity (Wildman–Crippen MR) is 98.1 cm³/mol. The van der Waals surface area contributed by atoms with E-state index in [0.29, 0.717) is 28.4 Å². The molecule has 1 amide bonds. The fourth-order valence-corrected chi connectivity index (χ4v) is 4.02. The Morgan fingerprint density at radius 1 is 1.31 bits per heavy atom. The van der Waals surface area contributed by atoms with Gasteiger partial charge in [0.15, 0.2) is 0 Å². The van der Waals surface area contributed by atoms with Crippen LogP contribution in [0.15, 0.2) is 24.3 Å². The molecule has 26 heavy (non-hydrogen) atoms. The molecule has 1 aliphatic heterocycles. The molecule has 1 aromatic rings. The van der Waals surface area contributed by atoms with Gasteiger partial charge in [-0.25, -0.2) is 9.59 Å². The van der Waals surface area contributed by atoms with E-state index in [2.05, 4.69) is 0 Å². The summed E-state index contributed by atoms with van der Waals surface area (Å²) < 4.78 is 10.9. The number of anilines is 1. The number of rotatable bonds is 2. The summed E-state index contributed by atoms with van der Waals surface area (Å²) in [5, 5.41) is 10.4. The number of benzene rings is 1. The van der Waals surface area contributed by atoms with Crippen molar-refractivity contribution >= 4 is 29.4 Å². The maximum absolute atomic E-state index is 13.0. The average molecular weight is 380 g/mol. The lowest BCUT2D eigenvalue weighted by Gasteiger charge is -2.42. The van der Waals surface area contributed by atoms with E-state index in [1.165, 1.54) is 12.0 Å². The average Bonchev–Trinajstić information content (AvgIpc) is 3.00. The second kappa shape index (κ2) is 6.50. The van der Waals surface area contributed by atoms with E-state index in [1.54, 1.807) is 32.9 Å². The van der Waals surface area contributed by atoms with Gasteiger partial charge in [-0.3, -0.25) is 4.90 Å². The normalized spacial score (nSPS) is 24.0. The number of ether oxygens (including phenoxy) is 2. The van der Waals surface area contributed by atoms with Gasteiger partial charge >= 0.3 is 12.1 Å². The fourth-order valence-electron chi connectivity index (χ4n) is 3.74. The number of carbonyl (C=O) groups is 2. The number of hydrogen-bond donors (Lipinski definition) is 1. The summed E-state index contributed by atoms with van der Waals surface area (Å²) >= 11 is 6.45. The molecular weight excluding hydrogens is 358 g/mol. The number of carboxylic acid groups (broad SMARTS) is 1. The minimum atomic E-state index is -1.08. The van der Waals surface area contributed by atoms with Crippen LogP contribution in [0, 0.1) is 5.92 Å². The number of carbonyl (C=O) groups excluding carboxylic acids is 1. The highest BCUT2D eigenvalue weighted by molar-refractivity contribution is 6.32. The van der Waals surface area contributed by atoms with Crippen LogP contribution in [-0.4, -0.2) is 35.9 Å². The van der Waals surface area contributed by atoms with Crippen LogP contribution in [0.2, 0.25) is 5.02 Å². The van der Waals surface area contributed by atoms with Crippen molar-refractivity contribution in [3.8, 4) is 5.75 Å². The van der Waals surface area contributed by atoms with Crippen molar-refractivity contribution in [2.75, 3.05) is 12.0 Å². The summed E-state index contributed by atoms with van der Waals surface area (Å²) in [5.41, 5.74) is 0.305.